The van der Waals surface area contributed by atoms with Crippen molar-refractivity contribution in [3.05, 3.63) is 53.9 Å². The third kappa shape index (κ3) is 2.07. The molecule has 0 bridgehead atoms. The number of carboxylic acids is 1. The molecular weight excluding hydrogens is 258 g/mol. The van der Waals surface area contributed by atoms with E-state index < -0.39 is 5.97 Å². The fourth-order valence-corrected chi connectivity index (χ4v) is 1.92. The summed E-state index contributed by atoms with van der Waals surface area (Å²) in [5, 5.41) is 13.1. The van der Waals surface area contributed by atoms with E-state index in [0.29, 0.717) is 22.8 Å². The summed E-state index contributed by atoms with van der Waals surface area (Å²) in [4.78, 5) is 15.4. The third-order valence-electron chi connectivity index (χ3n) is 2.96. The normalized spacial score (nSPS) is 10.7. The van der Waals surface area contributed by atoms with Gasteiger partial charge in [0.25, 0.3) is 0 Å². The Morgan fingerprint density at radius 2 is 2.15 bits per heavy atom. The lowest BCUT2D eigenvalue weighted by molar-refractivity contribution is 0.0695. The van der Waals surface area contributed by atoms with Crippen molar-refractivity contribution in [3.8, 4) is 11.6 Å². The number of benzene rings is 1. The van der Waals surface area contributed by atoms with Crippen LogP contribution in [0.3, 0.4) is 0 Å². The van der Waals surface area contributed by atoms with Gasteiger partial charge >= 0.3 is 5.97 Å². The zero-order chi connectivity index (χ0) is 14.1. The Bertz CT molecular complexity index is 795. The van der Waals surface area contributed by atoms with Crippen LogP contribution in [0.5, 0.6) is 11.6 Å². The second-order valence-corrected chi connectivity index (χ2v) is 4.24. The highest BCUT2D eigenvalue weighted by molar-refractivity contribution is 5.90. The first-order chi connectivity index (χ1) is 9.65. The molecule has 0 radical (unpaired) electrons. The van der Waals surface area contributed by atoms with Gasteiger partial charge in [0.15, 0.2) is 5.65 Å². The van der Waals surface area contributed by atoms with E-state index in [-0.39, 0.29) is 5.56 Å². The number of ether oxygens (including phenoxy) is 1. The number of nitrogens with zero attached hydrogens (tertiary/aromatic N) is 3. The molecule has 0 aliphatic rings. The average molecular weight is 269 g/mol. The zero-order valence-electron chi connectivity index (χ0n) is 10.6. The van der Waals surface area contributed by atoms with Gasteiger partial charge in [-0.3, -0.25) is 0 Å². The standard InChI is InChI=1S/C14H11N3O3/c1-9-10(14(18)19)3-2-4-11(9)20-13-6-8-17-12(16-13)5-7-15-17/h2-8H,1H3,(H,18,19). The van der Waals surface area contributed by atoms with Gasteiger partial charge in [-0.2, -0.15) is 10.1 Å². The van der Waals surface area contributed by atoms with E-state index >= 15 is 0 Å². The van der Waals surface area contributed by atoms with Gasteiger partial charge < -0.3 is 9.84 Å². The molecule has 3 aromatic rings. The molecule has 0 atom stereocenters. The Morgan fingerprint density at radius 1 is 1.30 bits per heavy atom. The van der Waals surface area contributed by atoms with E-state index in [1.54, 1.807) is 48.1 Å². The van der Waals surface area contributed by atoms with Gasteiger partial charge in [0.05, 0.1) is 11.8 Å². The van der Waals surface area contributed by atoms with Crippen molar-refractivity contribution in [2.24, 2.45) is 0 Å². The van der Waals surface area contributed by atoms with E-state index in [1.807, 2.05) is 0 Å². The molecule has 3 rings (SSSR count). The predicted octanol–water partition coefficient (Wildman–Crippen LogP) is 2.53. The van der Waals surface area contributed by atoms with Crippen LogP contribution in [0.2, 0.25) is 0 Å². The lowest BCUT2D eigenvalue weighted by Gasteiger charge is -2.09. The molecule has 6 nitrogen and oxygen atoms in total. The molecular formula is C14H11N3O3. The molecule has 1 N–H and O–H groups in total. The summed E-state index contributed by atoms with van der Waals surface area (Å²) in [5.74, 6) is -0.114. The number of hydrogen-bond acceptors (Lipinski definition) is 4. The first kappa shape index (κ1) is 12.2. The van der Waals surface area contributed by atoms with E-state index in [4.69, 9.17) is 9.84 Å². The molecule has 0 saturated carbocycles. The molecule has 100 valence electrons. The smallest absolute Gasteiger partial charge is 0.336 e. The molecule has 0 aliphatic carbocycles. The maximum atomic E-state index is 11.1. The van der Waals surface area contributed by atoms with E-state index in [9.17, 15) is 4.79 Å². The summed E-state index contributed by atoms with van der Waals surface area (Å²) >= 11 is 0. The van der Waals surface area contributed by atoms with Crippen molar-refractivity contribution < 1.29 is 14.6 Å². The largest absolute Gasteiger partial charge is 0.478 e. The summed E-state index contributed by atoms with van der Waals surface area (Å²) in [6, 6.07) is 8.32. The molecule has 0 spiro atoms. The van der Waals surface area contributed by atoms with Crippen LogP contribution in [-0.2, 0) is 0 Å². The summed E-state index contributed by atoms with van der Waals surface area (Å²) in [7, 11) is 0. The Hall–Kier alpha value is -2.89. The van der Waals surface area contributed by atoms with Gasteiger partial charge in [-0.1, -0.05) is 6.07 Å². The van der Waals surface area contributed by atoms with Crippen molar-refractivity contribution in [2.75, 3.05) is 0 Å². The van der Waals surface area contributed by atoms with Crippen LogP contribution in [0.15, 0.2) is 42.7 Å². The summed E-state index contributed by atoms with van der Waals surface area (Å²) in [5.41, 5.74) is 1.44. The number of aromatic nitrogens is 3. The molecule has 2 heterocycles. The lowest BCUT2D eigenvalue weighted by atomic mass is 10.1. The van der Waals surface area contributed by atoms with Crippen molar-refractivity contribution in [3.63, 3.8) is 0 Å². The highest BCUT2D eigenvalue weighted by Gasteiger charge is 2.12. The maximum absolute atomic E-state index is 11.1. The van der Waals surface area contributed by atoms with Gasteiger partial charge in [0.1, 0.15) is 5.75 Å². The Kier molecular flexibility index (Phi) is 2.83. The fourth-order valence-electron chi connectivity index (χ4n) is 1.92. The number of hydrogen-bond donors (Lipinski definition) is 1. The Labute approximate surface area is 114 Å². The minimum atomic E-state index is -0.979. The van der Waals surface area contributed by atoms with Crippen LogP contribution in [0.1, 0.15) is 15.9 Å². The molecule has 0 saturated heterocycles. The van der Waals surface area contributed by atoms with Gasteiger partial charge in [-0.05, 0) is 19.1 Å². The summed E-state index contributed by atoms with van der Waals surface area (Å²) < 4.78 is 7.28. The second kappa shape index (κ2) is 4.65. The van der Waals surface area contributed by atoms with Gasteiger partial charge in [-0.15, -0.1) is 0 Å². The molecule has 2 aromatic heterocycles. The Morgan fingerprint density at radius 3 is 2.95 bits per heavy atom. The molecule has 0 fully saturated rings. The van der Waals surface area contributed by atoms with E-state index in [1.165, 1.54) is 6.07 Å². The van der Waals surface area contributed by atoms with Crippen molar-refractivity contribution in [1.29, 1.82) is 0 Å². The van der Waals surface area contributed by atoms with Gasteiger partial charge in [-0.25, -0.2) is 9.31 Å². The van der Waals surface area contributed by atoms with Crippen LogP contribution in [0.4, 0.5) is 0 Å². The number of carboxylic acid groups (broad SMARTS) is 1. The molecule has 0 amide bonds. The zero-order valence-corrected chi connectivity index (χ0v) is 10.6. The van der Waals surface area contributed by atoms with Crippen LogP contribution < -0.4 is 4.74 Å². The topological polar surface area (TPSA) is 76.7 Å². The monoisotopic (exact) mass is 269 g/mol. The minimum absolute atomic E-state index is 0.216. The van der Waals surface area contributed by atoms with E-state index in [0.717, 1.165) is 0 Å². The number of rotatable bonds is 3. The first-order valence-electron chi connectivity index (χ1n) is 5.96. The first-order valence-corrected chi connectivity index (χ1v) is 5.96. The molecule has 0 unspecified atom stereocenters. The van der Waals surface area contributed by atoms with Crippen LogP contribution >= 0.6 is 0 Å². The SMILES string of the molecule is Cc1c(Oc2ccn3nccc3n2)cccc1C(=O)O. The molecule has 1 aromatic carbocycles. The maximum Gasteiger partial charge on any atom is 0.336 e. The number of fused-ring (bicyclic) bond motifs is 1. The van der Waals surface area contributed by atoms with E-state index in [2.05, 4.69) is 10.1 Å². The molecule has 6 heteroatoms. The highest BCUT2D eigenvalue weighted by Crippen LogP contribution is 2.26. The average Bonchev–Trinajstić information content (AvgIpc) is 2.88. The van der Waals surface area contributed by atoms with Crippen LogP contribution in [-0.4, -0.2) is 25.7 Å². The number of carbonyl (C=O) groups is 1. The second-order valence-electron chi connectivity index (χ2n) is 4.24. The predicted molar refractivity (Wildman–Crippen MR) is 71.2 cm³/mol. The lowest BCUT2D eigenvalue weighted by Crippen LogP contribution is -2.01. The summed E-state index contributed by atoms with van der Waals surface area (Å²) in [6.07, 6.45) is 3.37. The van der Waals surface area contributed by atoms with Gasteiger partial charge in [0, 0.05) is 23.9 Å². The quantitative estimate of drug-likeness (QED) is 0.790. The van der Waals surface area contributed by atoms with Crippen molar-refractivity contribution >= 4 is 11.6 Å². The third-order valence-corrected chi connectivity index (χ3v) is 2.96. The van der Waals surface area contributed by atoms with Gasteiger partial charge in [0.2, 0.25) is 5.88 Å². The fraction of sp³-hybridized carbons (Fsp3) is 0.0714. The number of aromatic carboxylic acids is 1. The van der Waals surface area contributed by atoms with Crippen molar-refractivity contribution in [1.82, 2.24) is 14.6 Å². The van der Waals surface area contributed by atoms with Crippen LogP contribution in [0, 0.1) is 6.92 Å². The molecule has 0 aliphatic heterocycles. The molecule has 20 heavy (non-hydrogen) atoms. The van der Waals surface area contributed by atoms with Crippen molar-refractivity contribution in [2.45, 2.75) is 6.92 Å². The minimum Gasteiger partial charge on any atom is -0.478 e. The summed E-state index contributed by atoms with van der Waals surface area (Å²) in [6.45, 7) is 1.70. The van der Waals surface area contributed by atoms with Crippen LogP contribution in [0.25, 0.3) is 5.65 Å². The highest BCUT2D eigenvalue weighted by atomic mass is 16.5. The Balaban J connectivity index is 1.98.